The van der Waals surface area contributed by atoms with E-state index in [4.69, 9.17) is 14.2 Å². The second kappa shape index (κ2) is 11.9. The van der Waals surface area contributed by atoms with Gasteiger partial charge in [-0.15, -0.1) is 0 Å². The highest BCUT2D eigenvalue weighted by Crippen LogP contribution is 2.28. The van der Waals surface area contributed by atoms with Gasteiger partial charge in [-0.25, -0.2) is 5.43 Å². The molecule has 0 bridgehead atoms. The molecule has 33 heavy (non-hydrogen) atoms. The van der Waals surface area contributed by atoms with Gasteiger partial charge in [0, 0.05) is 11.3 Å². The number of carbonyl (C=O) groups is 2. The summed E-state index contributed by atoms with van der Waals surface area (Å²) >= 11 is 0. The van der Waals surface area contributed by atoms with Crippen LogP contribution in [0, 0.1) is 0 Å². The molecule has 0 aliphatic carbocycles. The summed E-state index contributed by atoms with van der Waals surface area (Å²) in [6, 6.07) is 21.0. The monoisotopic (exact) mass is 447 g/mol. The molecule has 3 aromatic carbocycles. The molecule has 0 unspecified atom stereocenters. The fraction of sp³-hybridized carbons (Fsp3) is 0.160. The third-order valence-electron chi connectivity index (χ3n) is 4.41. The molecule has 0 saturated heterocycles. The van der Waals surface area contributed by atoms with E-state index in [0.29, 0.717) is 35.1 Å². The summed E-state index contributed by atoms with van der Waals surface area (Å²) in [6.07, 6.45) is 1.51. The molecule has 8 nitrogen and oxygen atoms in total. The minimum Gasteiger partial charge on any atom is -0.493 e. The Labute approximate surface area is 192 Å². The molecule has 2 amide bonds. The maximum Gasteiger partial charge on any atom is 0.271 e. The Morgan fingerprint density at radius 1 is 0.939 bits per heavy atom. The number of para-hydroxylation sites is 1. The second-order valence-electron chi connectivity index (χ2n) is 6.77. The number of hydrazone groups is 1. The predicted molar refractivity (Wildman–Crippen MR) is 126 cm³/mol. The summed E-state index contributed by atoms with van der Waals surface area (Å²) in [5.74, 6) is 0.960. The van der Waals surface area contributed by atoms with Crippen LogP contribution in [0.3, 0.4) is 0 Å². The van der Waals surface area contributed by atoms with Gasteiger partial charge < -0.3 is 19.5 Å². The Morgan fingerprint density at radius 2 is 1.70 bits per heavy atom. The average Bonchev–Trinajstić information content (AvgIpc) is 2.84. The standard InChI is InChI=1S/C25H25N3O5/c1-3-32-23-15-19(11-14-22(23)31-2)25(30)28-26-16-18-9-12-21(13-10-18)33-17-24(29)27-20-7-5-4-6-8-20/h4-16H,3,17H2,1-2H3,(H,27,29)(H,28,30)/b26-16+. The summed E-state index contributed by atoms with van der Waals surface area (Å²) in [5, 5.41) is 6.74. The zero-order valence-electron chi connectivity index (χ0n) is 18.4. The average molecular weight is 447 g/mol. The maximum absolute atomic E-state index is 12.3. The van der Waals surface area contributed by atoms with Crippen LogP contribution in [-0.2, 0) is 4.79 Å². The van der Waals surface area contributed by atoms with Gasteiger partial charge in [0.1, 0.15) is 5.75 Å². The lowest BCUT2D eigenvalue weighted by atomic mass is 10.2. The number of methoxy groups -OCH3 is 1. The molecule has 2 N–H and O–H groups in total. The van der Waals surface area contributed by atoms with Gasteiger partial charge in [0.25, 0.3) is 11.8 Å². The number of amides is 2. The summed E-state index contributed by atoms with van der Waals surface area (Å²) in [7, 11) is 1.54. The van der Waals surface area contributed by atoms with E-state index < -0.39 is 0 Å². The molecular formula is C25H25N3O5. The highest BCUT2D eigenvalue weighted by atomic mass is 16.5. The van der Waals surface area contributed by atoms with Crippen LogP contribution in [0.15, 0.2) is 77.9 Å². The molecule has 0 aliphatic rings. The summed E-state index contributed by atoms with van der Waals surface area (Å²) < 4.78 is 16.2. The number of nitrogens with one attached hydrogen (secondary N) is 2. The summed E-state index contributed by atoms with van der Waals surface area (Å²) in [6.45, 7) is 2.20. The van der Waals surface area contributed by atoms with Crippen LogP contribution >= 0.6 is 0 Å². The van der Waals surface area contributed by atoms with Crippen molar-refractivity contribution < 1.29 is 23.8 Å². The van der Waals surface area contributed by atoms with Crippen LogP contribution < -0.4 is 25.0 Å². The first-order valence-electron chi connectivity index (χ1n) is 10.3. The lowest BCUT2D eigenvalue weighted by Gasteiger charge is -2.10. The minimum atomic E-state index is -0.376. The number of rotatable bonds is 10. The molecule has 0 aliphatic heterocycles. The molecule has 0 fully saturated rings. The Morgan fingerprint density at radius 3 is 2.39 bits per heavy atom. The third kappa shape index (κ3) is 7.10. The minimum absolute atomic E-state index is 0.107. The van der Waals surface area contributed by atoms with E-state index in [2.05, 4.69) is 15.8 Å². The van der Waals surface area contributed by atoms with Crippen molar-refractivity contribution >= 4 is 23.7 Å². The number of ether oxygens (including phenoxy) is 3. The largest absolute Gasteiger partial charge is 0.493 e. The number of nitrogens with zero attached hydrogens (tertiary/aromatic N) is 1. The van der Waals surface area contributed by atoms with Crippen molar-refractivity contribution in [1.82, 2.24) is 5.43 Å². The molecule has 0 spiro atoms. The molecule has 0 saturated carbocycles. The quantitative estimate of drug-likeness (QED) is 0.363. The SMILES string of the molecule is CCOc1cc(C(=O)N/N=C/c2ccc(OCC(=O)Nc3ccccc3)cc2)ccc1OC. The number of hydrogen-bond acceptors (Lipinski definition) is 6. The number of anilines is 1. The van der Waals surface area contributed by atoms with Gasteiger partial charge in [0.15, 0.2) is 18.1 Å². The highest BCUT2D eigenvalue weighted by molar-refractivity contribution is 5.95. The van der Waals surface area contributed by atoms with Crippen LogP contribution in [0.25, 0.3) is 0 Å². The Balaban J connectivity index is 1.49. The van der Waals surface area contributed by atoms with Crippen LogP contribution in [0.4, 0.5) is 5.69 Å². The van der Waals surface area contributed by atoms with E-state index in [9.17, 15) is 9.59 Å². The predicted octanol–water partition coefficient (Wildman–Crippen LogP) is 3.88. The third-order valence-corrected chi connectivity index (χ3v) is 4.41. The van der Waals surface area contributed by atoms with Gasteiger partial charge in [-0.3, -0.25) is 9.59 Å². The van der Waals surface area contributed by atoms with E-state index in [1.807, 2.05) is 25.1 Å². The van der Waals surface area contributed by atoms with Crippen LogP contribution in [0.2, 0.25) is 0 Å². The van der Waals surface area contributed by atoms with Crippen molar-refractivity contribution in [2.24, 2.45) is 5.10 Å². The first-order chi connectivity index (χ1) is 16.1. The first kappa shape index (κ1) is 23.3. The first-order valence-corrected chi connectivity index (χ1v) is 10.3. The lowest BCUT2D eigenvalue weighted by Crippen LogP contribution is -2.20. The molecule has 8 heteroatoms. The summed E-state index contributed by atoms with van der Waals surface area (Å²) in [4.78, 5) is 24.3. The van der Waals surface area contributed by atoms with Crippen molar-refractivity contribution in [3.05, 3.63) is 83.9 Å². The molecule has 0 aromatic heterocycles. The van der Waals surface area contributed by atoms with Gasteiger partial charge in [-0.2, -0.15) is 5.10 Å². The molecule has 170 valence electrons. The van der Waals surface area contributed by atoms with Gasteiger partial charge in [0.05, 0.1) is 19.9 Å². The van der Waals surface area contributed by atoms with Crippen LogP contribution in [0.1, 0.15) is 22.8 Å². The Hall–Kier alpha value is -4.33. The Kier molecular flexibility index (Phi) is 8.41. The molecule has 3 aromatic rings. The number of hydrogen-bond donors (Lipinski definition) is 2. The van der Waals surface area contributed by atoms with E-state index >= 15 is 0 Å². The van der Waals surface area contributed by atoms with Crippen LogP contribution in [-0.4, -0.2) is 38.4 Å². The Bertz CT molecular complexity index is 1100. The van der Waals surface area contributed by atoms with E-state index in [0.717, 1.165) is 5.56 Å². The van der Waals surface area contributed by atoms with Crippen molar-refractivity contribution in [2.45, 2.75) is 6.92 Å². The van der Waals surface area contributed by atoms with E-state index in [1.54, 1.807) is 54.6 Å². The van der Waals surface area contributed by atoms with Crippen LogP contribution in [0.5, 0.6) is 17.2 Å². The fourth-order valence-electron chi connectivity index (χ4n) is 2.83. The number of benzene rings is 3. The fourth-order valence-corrected chi connectivity index (χ4v) is 2.83. The smallest absolute Gasteiger partial charge is 0.271 e. The zero-order chi connectivity index (χ0) is 23.5. The molecule has 0 atom stereocenters. The lowest BCUT2D eigenvalue weighted by molar-refractivity contribution is -0.118. The molecule has 0 radical (unpaired) electrons. The van der Waals surface area contributed by atoms with Crippen molar-refractivity contribution in [2.75, 3.05) is 25.6 Å². The molecule has 0 heterocycles. The van der Waals surface area contributed by atoms with Crippen molar-refractivity contribution in [1.29, 1.82) is 0 Å². The molecular weight excluding hydrogens is 422 g/mol. The van der Waals surface area contributed by atoms with Gasteiger partial charge in [-0.1, -0.05) is 18.2 Å². The van der Waals surface area contributed by atoms with Gasteiger partial charge >= 0.3 is 0 Å². The maximum atomic E-state index is 12.3. The topological polar surface area (TPSA) is 98.3 Å². The van der Waals surface area contributed by atoms with E-state index in [-0.39, 0.29) is 18.4 Å². The summed E-state index contributed by atoms with van der Waals surface area (Å²) in [5.41, 5.74) is 4.34. The van der Waals surface area contributed by atoms with Gasteiger partial charge in [0.2, 0.25) is 0 Å². The van der Waals surface area contributed by atoms with Crippen molar-refractivity contribution in [3.8, 4) is 17.2 Å². The molecule has 3 rings (SSSR count). The number of carbonyl (C=O) groups excluding carboxylic acids is 2. The van der Waals surface area contributed by atoms with E-state index in [1.165, 1.54) is 13.3 Å². The second-order valence-corrected chi connectivity index (χ2v) is 6.77. The zero-order valence-corrected chi connectivity index (χ0v) is 18.4. The van der Waals surface area contributed by atoms with Gasteiger partial charge in [-0.05, 0) is 67.1 Å². The highest BCUT2D eigenvalue weighted by Gasteiger charge is 2.10. The normalized spacial score (nSPS) is 10.5. The van der Waals surface area contributed by atoms with Crippen molar-refractivity contribution in [3.63, 3.8) is 0 Å².